The molecule has 1 aliphatic heterocycles. The Bertz CT molecular complexity index is 1060. The largest absolute Gasteiger partial charge is 0.326 e. The molecule has 2 aromatic carbocycles. The number of para-hydroxylation sites is 2. The molecule has 1 atom stereocenters. The number of anilines is 2. The average molecular weight is 381 g/mol. The summed E-state index contributed by atoms with van der Waals surface area (Å²) in [7, 11) is 0. The molecule has 6 nitrogen and oxygen atoms in total. The maximum atomic E-state index is 13.0. The normalized spacial score (nSPS) is 18.8. The van der Waals surface area contributed by atoms with E-state index in [4.69, 9.17) is 11.6 Å². The van der Waals surface area contributed by atoms with E-state index < -0.39 is 6.04 Å². The van der Waals surface area contributed by atoms with Crippen molar-refractivity contribution >= 4 is 46.1 Å². The van der Waals surface area contributed by atoms with E-state index in [1.165, 1.54) is 0 Å². The Hall–Kier alpha value is -2.86. The van der Waals surface area contributed by atoms with E-state index in [1.807, 2.05) is 28.8 Å². The predicted molar refractivity (Wildman–Crippen MR) is 104 cm³/mol. The van der Waals surface area contributed by atoms with E-state index in [-0.39, 0.29) is 24.3 Å². The van der Waals surface area contributed by atoms with Crippen molar-refractivity contribution in [1.82, 2.24) is 9.55 Å². The van der Waals surface area contributed by atoms with Crippen LogP contribution in [-0.2, 0) is 9.59 Å². The zero-order valence-corrected chi connectivity index (χ0v) is 15.2. The van der Waals surface area contributed by atoms with Crippen molar-refractivity contribution in [3.8, 4) is 0 Å². The SMILES string of the molecule is O=C(CC1C(=O)N(C2CC2)c2nc3ccccc3n21)Nc1ccc(Cl)cc1. The summed E-state index contributed by atoms with van der Waals surface area (Å²) in [6.07, 6.45) is 2.04. The van der Waals surface area contributed by atoms with E-state index >= 15 is 0 Å². The summed E-state index contributed by atoms with van der Waals surface area (Å²) in [5, 5.41) is 3.45. The van der Waals surface area contributed by atoms with Gasteiger partial charge in [-0.1, -0.05) is 23.7 Å². The topological polar surface area (TPSA) is 67.2 Å². The lowest BCUT2D eigenvalue weighted by Gasteiger charge is -2.15. The highest BCUT2D eigenvalue weighted by Crippen LogP contribution is 2.42. The Morgan fingerprint density at radius 1 is 1.15 bits per heavy atom. The summed E-state index contributed by atoms with van der Waals surface area (Å²) in [4.78, 5) is 32.1. The predicted octanol–water partition coefficient (Wildman–Crippen LogP) is 3.77. The van der Waals surface area contributed by atoms with E-state index in [1.54, 1.807) is 29.2 Å². The van der Waals surface area contributed by atoms with Gasteiger partial charge in [0.05, 0.1) is 17.5 Å². The molecule has 0 bridgehead atoms. The van der Waals surface area contributed by atoms with E-state index in [9.17, 15) is 9.59 Å². The molecule has 1 aliphatic carbocycles. The van der Waals surface area contributed by atoms with Crippen molar-refractivity contribution in [3.05, 3.63) is 53.6 Å². The third kappa shape index (κ3) is 2.77. The molecule has 2 aliphatic rings. The number of rotatable bonds is 4. The number of nitrogens with zero attached hydrogens (tertiary/aromatic N) is 3. The van der Waals surface area contributed by atoms with Crippen LogP contribution in [0.2, 0.25) is 5.02 Å². The van der Waals surface area contributed by atoms with E-state index in [0.29, 0.717) is 16.7 Å². The molecule has 0 radical (unpaired) electrons. The van der Waals surface area contributed by atoms with Crippen molar-refractivity contribution in [2.75, 3.05) is 10.2 Å². The molecule has 5 rings (SSSR count). The van der Waals surface area contributed by atoms with Crippen molar-refractivity contribution in [2.45, 2.75) is 31.3 Å². The molecule has 27 heavy (non-hydrogen) atoms. The third-order valence-electron chi connectivity index (χ3n) is 5.05. The maximum Gasteiger partial charge on any atom is 0.253 e. The number of benzene rings is 2. The second kappa shape index (κ2) is 6.09. The van der Waals surface area contributed by atoms with Crippen LogP contribution in [0.5, 0.6) is 0 Å². The molecule has 136 valence electrons. The minimum absolute atomic E-state index is 0.0444. The Kier molecular flexibility index (Phi) is 3.68. The highest BCUT2D eigenvalue weighted by molar-refractivity contribution is 6.30. The molecule has 0 saturated heterocycles. The Balaban J connectivity index is 1.46. The molecular weight excluding hydrogens is 364 g/mol. The Morgan fingerprint density at radius 3 is 2.63 bits per heavy atom. The zero-order valence-electron chi connectivity index (χ0n) is 14.4. The number of carbonyl (C=O) groups is 2. The van der Waals surface area contributed by atoms with Gasteiger partial charge in [0.25, 0.3) is 5.91 Å². The minimum atomic E-state index is -0.569. The Morgan fingerprint density at radius 2 is 1.89 bits per heavy atom. The van der Waals surface area contributed by atoms with Crippen LogP contribution >= 0.6 is 11.6 Å². The fourth-order valence-electron chi connectivity index (χ4n) is 3.65. The maximum absolute atomic E-state index is 13.0. The third-order valence-corrected chi connectivity index (χ3v) is 5.30. The number of hydrogen-bond donors (Lipinski definition) is 1. The molecule has 0 spiro atoms. The van der Waals surface area contributed by atoms with Gasteiger partial charge in [0.2, 0.25) is 11.9 Å². The van der Waals surface area contributed by atoms with Crippen LogP contribution in [0.4, 0.5) is 11.6 Å². The molecule has 3 aromatic rings. The summed E-state index contributed by atoms with van der Waals surface area (Å²) in [6.45, 7) is 0. The monoisotopic (exact) mass is 380 g/mol. The summed E-state index contributed by atoms with van der Waals surface area (Å²) >= 11 is 5.88. The first-order valence-electron chi connectivity index (χ1n) is 8.97. The first kappa shape index (κ1) is 16.3. The molecule has 1 N–H and O–H groups in total. The van der Waals surface area contributed by atoms with Gasteiger partial charge in [-0.05, 0) is 49.2 Å². The lowest BCUT2D eigenvalue weighted by atomic mass is 10.1. The van der Waals surface area contributed by atoms with Crippen LogP contribution in [-0.4, -0.2) is 27.4 Å². The molecular formula is C20H17ClN4O2. The number of fused-ring (bicyclic) bond motifs is 3. The van der Waals surface area contributed by atoms with Gasteiger partial charge in [0, 0.05) is 16.8 Å². The number of nitrogens with one attached hydrogen (secondary N) is 1. The van der Waals surface area contributed by atoms with Gasteiger partial charge < -0.3 is 5.32 Å². The molecule has 2 heterocycles. The molecule has 1 fully saturated rings. The smallest absolute Gasteiger partial charge is 0.253 e. The van der Waals surface area contributed by atoms with Crippen molar-refractivity contribution in [1.29, 1.82) is 0 Å². The molecule has 1 saturated carbocycles. The highest BCUT2D eigenvalue weighted by atomic mass is 35.5. The second-order valence-corrected chi connectivity index (χ2v) is 7.42. The molecule has 7 heteroatoms. The van der Waals surface area contributed by atoms with Gasteiger partial charge in [-0.15, -0.1) is 0 Å². The second-order valence-electron chi connectivity index (χ2n) is 6.98. The Labute approximate surface area is 160 Å². The van der Waals surface area contributed by atoms with Crippen molar-refractivity contribution in [3.63, 3.8) is 0 Å². The molecule has 1 aromatic heterocycles. The van der Waals surface area contributed by atoms with Crippen molar-refractivity contribution < 1.29 is 9.59 Å². The lowest BCUT2D eigenvalue weighted by molar-refractivity contribution is -0.124. The van der Waals surface area contributed by atoms with Gasteiger partial charge in [-0.25, -0.2) is 4.98 Å². The van der Waals surface area contributed by atoms with Crippen LogP contribution in [0.1, 0.15) is 25.3 Å². The van der Waals surface area contributed by atoms with Crippen LogP contribution in [0.15, 0.2) is 48.5 Å². The number of carbonyl (C=O) groups excluding carboxylic acids is 2. The van der Waals surface area contributed by atoms with Gasteiger partial charge in [0.1, 0.15) is 6.04 Å². The zero-order chi connectivity index (χ0) is 18.5. The van der Waals surface area contributed by atoms with Crippen LogP contribution in [0.3, 0.4) is 0 Å². The summed E-state index contributed by atoms with van der Waals surface area (Å²) in [5.41, 5.74) is 2.38. The number of imidazole rings is 1. The van der Waals surface area contributed by atoms with Gasteiger partial charge in [-0.2, -0.15) is 0 Å². The summed E-state index contributed by atoms with van der Waals surface area (Å²) < 4.78 is 1.91. The average Bonchev–Trinajstić information content (AvgIpc) is 3.36. The van der Waals surface area contributed by atoms with E-state index in [0.717, 1.165) is 23.9 Å². The molecule has 2 amide bonds. The van der Waals surface area contributed by atoms with Crippen molar-refractivity contribution in [2.24, 2.45) is 0 Å². The number of aromatic nitrogens is 2. The number of halogens is 1. The summed E-state index contributed by atoms with van der Waals surface area (Å²) in [6, 6.07) is 14.3. The van der Waals surface area contributed by atoms with Gasteiger partial charge in [0.15, 0.2) is 0 Å². The minimum Gasteiger partial charge on any atom is -0.326 e. The van der Waals surface area contributed by atoms with E-state index in [2.05, 4.69) is 10.3 Å². The first-order valence-corrected chi connectivity index (χ1v) is 9.35. The quantitative estimate of drug-likeness (QED) is 0.749. The van der Waals surface area contributed by atoms with Gasteiger partial charge in [-0.3, -0.25) is 19.1 Å². The fourth-order valence-corrected chi connectivity index (χ4v) is 3.78. The highest BCUT2D eigenvalue weighted by Gasteiger charge is 2.47. The number of amides is 2. The van der Waals surface area contributed by atoms with Gasteiger partial charge >= 0.3 is 0 Å². The number of hydrogen-bond acceptors (Lipinski definition) is 3. The van der Waals surface area contributed by atoms with Crippen LogP contribution < -0.4 is 10.2 Å². The first-order chi connectivity index (χ1) is 13.1. The summed E-state index contributed by atoms with van der Waals surface area (Å²) in [5.74, 6) is 0.405. The van der Waals surface area contributed by atoms with Crippen LogP contribution in [0.25, 0.3) is 11.0 Å². The fraction of sp³-hybridized carbons (Fsp3) is 0.250. The molecule has 1 unspecified atom stereocenters. The van der Waals surface area contributed by atoms with Crippen LogP contribution in [0, 0.1) is 0 Å². The lowest BCUT2D eigenvalue weighted by Crippen LogP contribution is -2.33. The standard InChI is InChI=1S/C20H17ClN4O2/c21-12-5-7-13(8-6-12)22-18(26)11-17-19(27)24(14-9-10-14)20-23-15-3-1-2-4-16(15)25(17)20/h1-8,14,17H,9-11H2,(H,22,26).